The number of rotatable bonds is 3. The highest BCUT2D eigenvalue weighted by Gasteiger charge is 1.91. The molecule has 0 aliphatic rings. The average molecular weight is 151 g/mol. The molecule has 0 aromatic rings. The van der Waals surface area contributed by atoms with Crippen LogP contribution in [0.1, 0.15) is 34.1 Å². The van der Waals surface area contributed by atoms with E-state index in [2.05, 4.69) is 18.0 Å². The van der Waals surface area contributed by atoms with Crippen LogP contribution in [0.5, 0.6) is 0 Å². The molecule has 0 fully saturated rings. The Kier molecular flexibility index (Phi) is 5.44. The van der Waals surface area contributed by atoms with Crippen molar-refractivity contribution in [1.82, 2.24) is 0 Å². The molecule has 0 unspecified atom stereocenters. The van der Waals surface area contributed by atoms with Gasteiger partial charge in [-0.2, -0.15) is 0 Å². The molecule has 0 aromatic heterocycles. The van der Waals surface area contributed by atoms with E-state index < -0.39 is 0 Å². The molecule has 0 amide bonds. The van der Waals surface area contributed by atoms with Gasteiger partial charge >= 0.3 is 0 Å². The van der Waals surface area contributed by atoms with Crippen LogP contribution >= 0.6 is 0 Å². The summed E-state index contributed by atoms with van der Waals surface area (Å²) < 4.78 is 0. The van der Waals surface area contributed by atoms with Crippen molar-refractivity contribution in [3.63, 3.8) is 0 Å². The van der Waals surface area contributed by atoms with Crippen molar-refractivity contribution < 1.29 is 0 Å². The van der Waals surface area contributed by atoms with E-state index in [0.29, 0.717) is 0 Å². The number of aliphatic imine (C=N–C) groups is 1. The number of hydrogen-bond acceptors (Lipinski definition) is 1. The van der Waals surface area contributed by atoms with Gasteiger partial charge in [0.05, 0.1) is 0 Å². The second kappa shape index (κ2) is 5.90. The van der Waals surface area contributed by atoms with Gasteiger partial charge < -0.3 is 0 Å². The first kappa shape index (κ1) is 10.2. The van der Waals surface area contributed by atoms with Crippen LogP contribution in [-0.2, 0) is 0 Å². The molecule has 1 heteroatoms. The molecule has 0 bridgehead atoms. The molecule has 1 nitrogen and oxygen atoms in total. The Labute approximate surface area is 69.5 Å². The SMILES string of the molecule is C\C=C/C(CC)=C(C)\N=C/C. The molecule has 0 aliphatic carbocycles. The quantitative estimate of drug-likeness (QED) is 0.433. The lowest BCUT2D eigenvalue weighted by molar-refractivity contribution is 1.08. The van der Waals surface area contributed by atoms with E-state index >= 15 is 0 Å². The average Bonchev–Trinajstić information content (AvgIpc) is 2.00. The highest BCUT2D eigenvalue weighted by atomic mass is 14.7. The molecule has 0 aromatic carbocycles. The Balaban J connectivity index is 4.52. The van der Waals surface area contributed by atoms with Crippen molar-refractivity contribution in [3.8, 4) is 0 Å². The van der Waals surface area contributed by atoms with Gasteiger partial charge in [0, 0.05) is 11.9 Å². The van der Waals surface area contributed by atoms with Gasteiger partial charge in [-0.1, -0.05) is 19.1 Å². The molecule has 0 heterocycles. The standard InChI is InChI=1S/C10H17N/c1-5-8-10(6-2)9(4)11-7-3/h5,7-8H,6H2,1-4H3/b8-5-,10-9-,11-7-. The summed E-state index contributed by atoms with van der Waals surface area (Å²) in [5, 5.41) is 0. The maximum atomic E-state index is 4.22. The maximum absolute atomic E-state index is 4.22. The third-order valence-electron chi connectivity index (χ3n) is 1.54. The minimum absolute atomic E-state index is 1.05. The van der Waals surface area contributed by atoms with Crippen molar-refractivity contribution in [1.29, 1.82) is 0 Å². The van der Waals surface area contributed by atoms with Gasteiger partial charge in [0.2, 0.25) is 0 Å². The van der Waals surface area contributed by atoms with Gasteiger partial charge in [0.15, 0.2) is 0 Å². The van der Waals surface area contributed by atoms with Crippen molar-refractivity contribution >= 4 is 6.21 Å². The van der Waals surface area contributed by atoms with Crippen molar-refractivity contribution in [2.24, 2.45) is 4.99 Å². The summed E-state index contributed by atoms with van der Waals surface area (Å²) in [5.41, 5.74) is 2.43. The Morgan fingerprint density at radius 2 is 2.00 bits per heavy atom. The lowest BCUT2D eigenvalue weighted by Gasteiger charge is -1.99. The molecule has 0 radical (unpaired) electrons. The topological polar surface area (TPSA) is 12.4 Å². The van der Waals surface area contributed by atoms with E-state index in [0.717, 1.165) is 12.1 Å². The maximum Gasteiger partial charge on any atom is 0.0400 e. The summed E-state index contributed by atoms with van der Waals surface area (Å²) >= 11 is 0. The Morgan fingerprint density at radius 1 is 1.36 bits per heavy atom. The van der Waals surface area contributed by atoms with Crippen LogP contribution in [0.4, 0.5) is 0 Å². The number of nitrogens with zero attached hydrogens (tertiary/aromatic N) is 1. The van der Waals surface area contributed by atoms with Gasteiger partial charge in [-0.15, -0.1) is 0 Å². The second-order valence-corrected chi connectivity index (χ2v) is 2.35. The third kappa shape index (κ3) is 3.76. The fraction of sp³-hybridized carbons (Fsp3) is 0.500. The Hall–Kier alpha value is -0.850. The fourth-order valence-corrected chi connectivity index (χ4v) is 0.972. The predicted molar refractivity (Wildman–Crippen MR) is 52.0 cm³/mol. The molecule has 0 saturated carbocycles. The summed E-state index contributed by atoms with van der Waals surface area (Å²) in [6, 6.07) is 0. The summed E-state index contributed by atoms with van der Waals surface area (Å²) in [6.45, 7) is 8.15. The minimum Gasteiger partial charge on any atom is -0.266 e. The summed E-state index contributed by atoms with van der Waals surface area (Å²) in [7, 11) is 0. The first-order valence-corrected chi connectivity index (χ1v) is 4.07. The molecule has 0 atom stereocenters. The van der Waals surface area contributed by atoms with Crippen molar-refractivity contribution in [2.75, 3.05) is 0 Å². The first-order chi connectivity index (χ1) is 5.26. The van der Waals surface area contributed by atoms with Gasteiger partial charge in [0.25, 0.3) is 0 Å². The van der Waals surface area contributed by atoms with Gasteiger partial charge in [0.1, 0.15) is 0 Å². The molecule has 62 valence electrons. The van der Waals surface area contributed by atoms with E-state index in [4.69, 9.17) is 0 Å². The van der Waals surface area contributed by atoms with Crippen molar-refractivity contribution in [2.45, 2.75) is 34.1 Å². The monoisotopic (exact) mass is 151 g/mol. The van der Waals surface area contributed by atoms with Gasteiger partial charge in [-0.05, 0) is 32.8 Å². The van der Waals surface area contributed by atoms with Crippen LogP contribution in [0.2, 0.25) is 0 Å². The molecule has 0 aliphatic heterocycles. The zero-order valence-corrected chi connectivity index (χ0v) is 7.89. The summed E-state index contributed by atoms with van der Waals surface area (Å²) in [5.74, 6) is 0. The van der Waals surface area contributed by atoms with E-state index in [1.165, 1.54) is 5.57 Å². The van der Waals surface area contributed by atoms with Crippen LogP contribution in [0.15, 0.2) is 28.4 Å². The van der Waals surface area contributed by atoms with Crippen LogP contribution < -0.4 is 0 Å². The third-order valence-corrected chi connectivity index (χ3v) is 1.54. The van der Waals surface area contributed by atoms with E-state index in [-0.39, 0.29) is 0 Å². The van der Waals surface area contributed by atoms with Crippen LogP contribution in [0, 0.1) is 0 Å². The second-order valence-electron chi connectivity index (χ2n) is 2.35. The van der Waals surface area contributed by atoms with Crippen LogP contribution in [0.25, 0.3) is 0 Å². The van der Waals surface area contributed by atoms with Gasteiger partial charge in [-0.3, -0.25) is 4.99 Å². The molecule has 11 heavy (non-hydrogen) atoms. The predicted octanol–water partition coefficient (Wildman–Crippen LogP) is 3.34. The fourth-order valence-electron chi connectivity index (χ4n) is 0.972. The highest BCUT2D eigenvalue weighted by Crippen LogP contribution is 2.10. The molecular formula is C10H17N. The number of hydrogen-bond donors (Lipinski definition) is 0. The molecule has 0 rings (SSSR count). The molecule has 0 spiro atoms. The van der Waals surface area contributed by atoms with Crippen molar-refractivity contribution in [3.05, 3.63) is 23.4 Å². The Bertz CT molecular complexity index is 185. The van der Waals surface area contributed by atoms with Crippen LogP contribution in [-0.4, -0.2) is 6.21 Å². The molecule has 0 N–H and O–H groups in total. The van der Waals surface area contributed by atoms with E-state index in [9.17, 15) is 0 Å². The first-order valence-electron chi connectivity index (χ1n) is 4.07. The largest absolute Gasteiger partial charge is 0.266 e. The lowest BCUT2D eigenvalue weighted by atomic mass is 10.1. The lowest BCUT2D eigenvalue weighted by Crippen LogP contribution is -1.80. The minimum atomic E-state index is 1.05. The Morgan fingerprint density at radius 3 is 2.36 bits per heavy atom. The summed E-state index contributed by atoms with van der Waals surface area (Å²) in [4.78, 5) is 4.22. The zero-order chi connectivity index (χ0) is 8.69. The number of allylic oxidation sites excluding steroid dienone is 4. The van der Waals surface area contributed by atoms with Gasteiger partial charge in [-0.25, -0.2) is 0 Å². The summed E-state index contributed by atoms with van der Waals surface area (Å²) in [6.07, 6.45) is 7.04. The normalized spacial score (nSPS) is 14.5. The zero-order valence-electron chi connectivity index (χ0n) is 7.89. The smallest absolute Gasteiger partial charge is 0.0400 e. The van der Waals surface area contributed by atoms with Crippen LogP contribution in [0.3, 0.4) is 0 Å². The van der Waals surface area contributed by atoms with E-state index in [1.54, 1.807) is 0 Å². The molecule has 0 saturated heterocycles. The molecular weight excluding hydrogens is 134 g/mol. The highest BCUT2D eigenvalue weighted by molar-refractivity contribution is 5.55. The van der Waals surface area contributed by atoms with E-state index in [1.807, 2.05) is 33.1 Å².